The Kier molecular flexibility index (Phi) is 9.99. The summed E-state index contributed by atoms with van der Waals surface area (Å²) in [5, 5.41) is 9.00. The van der Waals surface area contributed by atoms with Crippen molar-refractivity contribution < 1.29 is 14.3 Å². The first kappa shape index (κ1) is 22.7. The molecule has 1 aliphatic carbocycles. The molecule has 0 atom stereocenters. The Bertz CT molecular complexity index is 669. The fourth-order valence-electron chi connectivity index (χ4n) is 3.21. The molecule has 0 bridgehead atoms. The van der Waals surface area contributed by atoms with E-state index in [0.717, 1.165) is 31.1 Å². The zero-order chi connectivity index (χ0) is 20.9. The van der Waals surface area contributed by atoms with Gasteiger partial charge in [-0.05, 0) is 37.0 Å². The zero-order valence-electron chi connectivity index (χ0n) is 17.2. The monoisotopic (exact) mass is 403 g/mol. The van der Waals surface area contributed by atoms with Gasteiger partial charge in [-0.1, -0.05) is 31.4 Å². The number of nitrogens with one attached hydrogen (secondary N) is 3. The third-order valence-corrected chi connectivity index (χ3v) is 4.84. The molecule has 1 aliphatic rings. The minimum atomic E-state index is -0.571. The lowest BCUT2D eigenvalue weighted by molar-refractivity contribution is -0.117. The number of aliphatic imine (C=N–C) groups is 1. The lowest BCUT2D eigenvalue weighted by atomic mass is 9.98. The fraction of sp³-hybridized carbons (Fsp3) is 0.571. The molecule has 1 saturated carbocycles. The largest absolute Gasteiger partial charge is 0.378 e. The van der Waals surface area contributed by atoms with Crippen LogP contribution < -0.4 is 21.7 Å². The molecule has 0 spiro atoms. The molecule has 8 nitrogen and oxygen atoms in total. The fourth-order valence-corrected chi connectivity index (χ4v) is 3.21. The van der Waals surface area contributed by atoms with E-state index in [1.54, 1.807) is 19.2 Å². The van der Waals surface area contributed by atoms with Crippen LogP contribution in [0.1, 0.15) is 54.4 Å². The summed E-state index contributed by atoms with van der Waals surface area (Å²) >= 11 is 0. The Morgan fingerprint density at radius 2 is 1.83 bits per heavy atom. The average Bonchev–Trinajstić information content (AvgIpc) is 2.75. The van der Waals surface area contributed by atoms with Gasteiger partial charge < -0.3 is 26.4 Å². The van der Waals surface area contributed by atoms with Gasteiger partial charge in [0.25, 0.3) is 5.91 Å². The maximum absolute atomic E-state index is 11.9. The van der Waals surface area contributed by atoms with E-state index in [-0.39, 0.29) is 12.5 Å². The van der Waals surface area contributed by atoms with Crippen LogP contribution >= 0.6 is 0 Å². The standard InChI is InChI=1S/C21H33N5O3/c1-23-21(24-12-5-13-29-18-6-3-2-4-7-18)26-14-16-8-10-17(11-9-16)20(28)25-15-19(22)27/h8-11,18H,2-7,12-15H2,1H3,(H2,22,27)(H,25,28)(H2,23,24,26). The number of hydrogen-bond acceptors (Lipinski definition) is 4. The third kappa shape index (κ3) is 8.95. The first-order valence-electron chi connectivity index (χ1n) is 10.3. The van der Waals surface area contributed by atoms with E-state index in [1.807, 2.05) is 12.1 Å². The minimum absolute atomic E-state index is 0.171. The van der Waals surface area contributed by atoms with Crippen molar-refractivity contribution in [3.63, 3.8) is 0 Å². The highest BCUT2D eigenvalue weighted by Gasteiger charge is 2.13. The van der Waals surface area contributed by atoms with E-state index in [0.29, 0.717) is 18.2 Å². The molecular weight excluding hydrogens is 370 g/mol. The second-order valence-corrected chi connectivity index (χ2v) is 7.18. The van der Waals surface area contributed by atoms with Crippen LogP contribution in [-0.4, -0.2) is 50.6 Å². The number of hydrogen-bond donors (Lipinski definition) is 4. The van der Waals surface area contributed by atoms with Crippen molar-refractivity contribution in [2.45, 2.75) is 51.2 Å². The highest BCUT2D eigenvalue weighted by molar-refractivity contribution is 5.96. The molecule has 0 saturated heterocycles. The molecule has 0 unspecified atom stereocenters. The van der Waals surface area contributed by atoms with E-state index in [4.69, 9.17) is 10.5 Å². The minimum Gasteiger partial charge on any atom is -0.378 e. The summed E-state index contributed by atoms with van der Waals surface area (Å²) < 4.78 is 5.93. The second-order valence-electron chi connectivity index (χ2n) is 7.18. The Balaban J connectivity index is 1.63. The molecule has 1 fully saturated rings. The van der Waals surface area contributed by atoms with Crippen LogP contribution in [-0.2, 0) is 16.1 Å². The van der Waals surface area contributed by atoms with Crippen LogP contribution in [0, 0.1) is 0 Å². The summed E-state index contributed by atoms with van der Waals surface area (Å²) in [4.78, 5) is 26.8. The van der Waals surface area contributed by atoms with E-state index in [2.05, 4.69) is 20.9 Å². The number of nitrogens with two attached hydrogens (primary N) is 1. The quantitative estimate of drug-likeness (QED) is 0.267. The normalized spacial score (nSPS) is 15.0. The van der Waals surface area contributed by atoms with Crippen molar-refractivity contribution >= 4 is 17.8 Å². The highest BCUT2D eigenvalue weighted by Crippen LogP contribution is 2.20. The van der Waals surface area contributed by atoms with E-state index >= 15 is 0 Å². The van der Waals surface area contributed by atoms with Gasteiger partial charge >= 0.3 is 0 Å². The van der Waals surface area contributed by atoms with Gasteiger partial charge in [-0.3, -0.25) is 14.6 Å². The molecule has 29 heavy (non-hydrogen) atoms. The number of primary amides is 1. The number of ether oxygens (including phenoxy) is 1. The number of nitrogens with zero attached hydrogens (tertiary/aromatic N) is 1. The van der Waals surface area contributed by atoms with Crippen LogP contribution in [0.25, 0.3) is 0 Å². The molecule has 8 heteroatoms. The van der Waals surface area contributed by atoms with Gasteiger partial charge in [0, 0.05) is 32.3 Å². The first-order valence-corrected chi connectivity index (χ1v) is 10.3. The second kappa shape index (κ2) is 12.8. The van der Waals surface area contributed by atoms with Gasteiger partial charge in [0.2, 0.25) is 5.91 Å². The third-order valence-electron chi connectivity index (χ3n) is 4.84. The summed E-state index contributed by atoms with van der Waals surface area (Å²) in [5.41, 5.74) is 6.52. The summed E-state index contributed by atoms with van der Waals surface area (Å²) in [6.07, 6.45) is 7.70. The van der Waals surface area contributed by atoms with Crippen molar-refractivity contribution in [1.29, 1.82) is 0 Å². The van der Waals surface area contributed by atoms with E-state index in [1.165, 1.54) is 32.1 Å². The Morgan fingerprint density at radius 1 is 1.10 bits per heavy atom. The van der Waals surface area contributed by atoms with Crippen LogP contribution in [0.5, 0.6) is 0 Å². The van der Waals surface area contributed by atoms with Gasteiger partial charge in [-0.15, -0.1) is 0 Å². The predicted molar refractivity (Wildman–Crippen MR) is 114 cm³/mol. The number of carbonyl (C=O) groups excluding carboxylic acids is 2. The first-order chi connectivity index (χ1) is 14.1. The smallest absolute Gasteiger partial charge is 0.251 e. The summed E-state index contributed by atoms with van der Waals surface area (Å²) in [6.45, 7) is 1.98. The molecule has 2 amide bonds. The van der Waals surface area contributed by atoms with Gasteiger partial charge in [0.05, 0.1) is 12.6 Å². The Labute approximate surface area is 172 Å². The SMILES string of the molecule is CN=C(NCCCOC1CCCCC1)NCc1ccc(C(=O)NCC(N)=O)cc1. The van der Waals surface area contributed by atoms with E-state index in [9.17, 15) is 9.59 Å². The average molecular weight is 404 g/mol. The summed E-state index contributed by atoms with van der Waals surface area (Å²) in [7, 11) is 1.74. The van der Waals surface area contributed by atoms with Gasteiger partial charge in [0.15, 0.2) is 5.96 Å². The molecule has 0 heterocycles. The van der Waals surface area contributed by atoms with E-state index < -0.39 is 5.91 Å². The van der Waals surface area contributed by atoms with Crippen LogP contribution in [0.4, 0.5) is 0 Å². The summed E-state index contributed by atoms with van der Waals surface area (Å²) in [6, 6.07) is 7.15. The Hall–Kier alpha value is -2.61. The number of carbonyl (C=O) groups is 2. The predicted octanol–water partition coefficient (Wildman–Crippen LogP) is 1.31. The lowest BCUT2D eigenvalue weighted by Gasteiger charge is -2.22. The topological polar surface area (TPSA) is 118 Å². The number of amides is 2. The summed E-state index contributed by atoms with van der Waals surface area (Å²) in [5.74, 6) is -0.166. The van der Waals surface area contributed by atoms with Gasteiger partial charge in [-0.25, -0.2) is 0 Å². The molecule has 160 valence electrons. The van der Waals surface area contributed by atoms with Gasteiger partial charge in [0.1, 0.15) is 0 Å². The molecule has 2 rings (SSSR count). The van der Waals surface area contributed by atoms with Crippen molar-refractivity contribution in [3.05, 3.63) is 35.4 Å². The molecule has 0 radical (unpaired) electrons. The molecule has 5 N–H and O–H groups in total. The van der Waals surface area contributed by atoms with Crippen LogP contribution in [0.15, 0.2) is 29.3 Å². The molecule has 0 aromatic heterocycles. The van der Waals surface area contributed by atoms with Crippen molar-refractivity contribution in [1.82, 2.24) is 16.0 Å². The molecule has 1 aromatic carbocycles. The Morgan fingerprint density at radius 3 is 2.48 bits per heavy atom. The maximum atomic E-state index is 11.9. The number of rotatable bonds is 10. The number of guanidine groups is 1. The van der Waals surface area contributed by atoms with Gasteiger partial charge in [-0.2, -0.15) is 0 Å². The lowest BCUT2D eigenvalue weighted by Crippen LogP contribution is -2.37. The maximum Gasteiger partial charge on any atom is 0.251 e. The number of benzene rings is 1. The molecule has 1 aromatic rings. The van der Waals surface area contributed by atoms with Crippen molar-refractivity contribution in [2.24, 2.45) is 10.7 Å². The van der Waals surface area contributed by atoms with Crippen LogP contribution in [0.2, 0.25) is 0 Å². The van der Waals surface area contributed by atoms with Crippen molar-refractivity contribution in [3.8, 4) is 0 Å². The molecule has 0 aliphatic heterocycles. The highest BCUT2D eigenvalue weighted by atomic mass is 16.5. The van der Waals surface area contributed by atoms with Crippen molar-refractivity contribution in [2.75, 3.05) is 26.7 Å². The van der Waals surface area contributed by atoms with Crippen LogP contribution in [0.3, 0.4) is 0 Å². The molecular formula is C21H33N5O3. The zero-order valence-corrected chi connectivity index (χ0v) is 17.2.